The van der Waals surface area contributed by atoms with Crippen LogP contribution in [0.1, 0.15) is 5.56 Å². The highest BCUT2D eigenvalue weighted by Crippen LogP contribution is 2.30. The Balaban J connectivity index is 2.38. The molecule has 0 saturated carbocycles. The molecule has 0 atom stereocenters. The molecular formula is C11H8BrCl2N3O2S. The molecule has 20 heavy (non-hydrogen) atoms. The second-order valence-electron chi connectivity index (χ2n) is 3.87. The van der Waals surface area contributed by atoms with E-state index in [2.05, 4.69) is 30.6 Å². The molecule has 0 spiro atoms. The summed E-state index contributed by atoms with van der Waals surface area (Å²) < 4.78 is 27.3. The lowest BCUT2D eigenvalue weighted by Crippen LogP contribution is -2.14. The molecule has 9 heteroatoms. The summed E-state index contributed by atoms with van der Waals surface area (Å²) in [5, 5.41) is 0.432. The number of halogens is 3. The number of aromatic nitrogens is 2. The minimum atomic E-state index is -3.80. The van der Waals surface area contributed by atoms with E-state index in [1.165, 1.54) is 6.07 Å². The normalized spacial score (nSPS) is 11.4. The summed E-state index contributed by atoms with van der Waals surface area (Å²) in [6, 6.07) is 3.24. The molecule has 1 N–H and O–H groups in total. The second-order valence-corrected chi connectivity index (χ2v) is 7.16. The fourth-order valence-electron chi connectivity index (χ4n) is 1.37. The van der Waals surface area contributed by atoms with Crippen molar-refractivity contribution in [2.24, 2.45) is 0 Å². The fraction of sp³-hybridized carbons (Fsp3) is 0.0909. The molecule has 0 amide bonds. The van der Waals surface area contributed by atoms with Crippen molar-refractivity contribution in [2.45, 2.75) is 11.8 Å². The van der Waals surface area contributed by atoms with Gasteiger partial charge in [0.05, 0.1) is 18.1 Å². The maximum Gasteiger partial charge on any atom is 0.265 e. The van der Waals surface area contributed by atoms with Crippen LogP contribution < -0.4 is 4.72 Å². The van der Waals surface area contributed by atoms with E-state index in [1.54, 1.807) is 6.07 Å². The van der Waals surface area contributed by atoms with Gasteiger partial charge in [-0.2, -0.15) is 0 Å². The van der Waals surface area contributed by atoms with Crippen LogP contribution in [-0.2, 0) is 10.0 Å². The lowest BCUT2D eigenvalue weighted by molar-refractivity contribution is 0.600. The molecule has 106 valence electrons. The largest absolute Gasteiger partial charge is 0.278 e. The number of benzene rings is 1. The first kappa shape index (κ1) is 15.5. The topological polar surface area (TPSA) is 72.0 Å². The van der Waals surface area contributed by atoms with Gasteiger partial charge in [-0.05, 0) is 52.2 Å². The summed E-state index contributed by atoms with van der Waals surface area (Å²) in [4.78, 5) is 7.18. The standard InChI is InChI=1S/C11H8BrCl2N3O2S/c1-6-2-8(12)10(3-9(6)13)17-20(18,19)7-4-15-11(14)16-5-7/h2-5,17H,1H3. The molecule has 0 fully saturated rings. The third-order valence-electron chi connectivity index (χ3n) is 2.40. The van der Waals surface area contributed by atoms with E-state index in [0.717, 1.165) is 18.0 Å². The van der Waals surface area contributed by atoms with Gasteiger partial charge in [0, 0.05) is 9.50 Å². The van der Waals surface area contributed by atoms with Gasteiger partial charge >= 0.3 is 0 Å². The summed E-state index contributed by atoms with van der Waals surface area (Å²) in [7, 11) is -3.80. The highest BCUT2D eigenvalue weighted by atomic mass is 79.9. The molecule has 0 aliphatic rings. The average molecular weight is 397 g/mol. The molecule has 1 aromatic carbocycles. The monoisotopic (exact) mass is 395 g/mol. The van der Waals surface area contributed by atoms with Crippen LogP contribution in [0.15, 0.2) is 33.9 Å². The quantitative estimate of drug-likeness (QED) is 0.803. The summed E-state index contributed by atoms with van der Waals surface area (Å²) >= 11 is 14.8. The van der Waals surface area contributed by atoms with Gasteiger partial charge in [-0.1, -0.05) is 11.6 Å². The van der Waals surface area contributed by atoms with Crippen LogP contribution >= 0.6 is 39.1 Å². The van der Waals surface area contributed by atoms with E-state index in [-0.39, 0.29) is 10.2 Å². The van der Waals surface area contributed by atoms with Gasteiger partial charge in [0.15, 0.2) is 0 Å². The van der Waals surface area contributed by atoms with Gasteiger partial charge in [0.25, 0.3) is 10.0 Å². The van der Waals surface area contributed by atoms with E-state index in [9.17, 15) is 8.42 Å². The number of hydrogen-bond donors (Lipinski definition) is 1. The molecule has 0 saturated heterocycles. The van der Waals surface area contributed by atoms with E-state index in [1.807, 2.05) is 6.92 Å². The van der Waals surface area contributed by atoms with Gasteiger partial charge < -0.3 is 0 Å². The molecule has 5 nitrogen and oxygen atoms in total. The highest BCUT2D eigenvalue weighted by molar-refractivity contribution is 9.10. The Kier molecular flexibility index (Phi) is 4.53. The van der Waals surface area contributed by atoms with Crippen LogP contribution in [0.3, 0.4) is 0 Å². The zero-order chi connectivity index (χ0) is 14.9. The molecular weight excluding hydrogens is 389 g/mol. The van der Waals surface area contributed by atoms with Crippen molar-refractivity contribution in [1.82, 2.24) is 9.97 Å². The molecule has 2 aromatic rings. The fourth-order valence-corrected chi connectivity index (χ4v) is 3.28. The number of aryl methyl sites for hydroxylation is 1. The van der Waals surface area contributed by atoms with Crippen molar-refractivity contribution in [1.29, 1.82) is 0 Å². The smallest absolute Gasteiger partial charge is 0.265 e. The summed E-state index contributed by atoms with van der Waals surface area (Å²) in [5.74, 6) is 0. The third-order valence-corrected chi connectivity index (χ3v) is 4.98. The van der Waals surface area contributed by atoms with Gasteiger partial charge in [-0.25, -0.2) is 18.4 Å². The van der Waals surface area contributed by atoms with Crippen LogP contribution in [-0.4, -0.2) is 18.4 Å². The first-order valence-corrected chi connectivity index (χ1v) is 8.29. The molecule has 1 aromatic heterocycles. The number of nitrogens with zero attached hydrogens (tertiary/aromatic N) is 2. The maximum absolute atomic E-state index is 12.2. The Labute approximate surface area is 134 Å². The van der Waals surface area contributed by atoms with Gasteiger partial charge in [-0.3, -0.25) is 4.72 Å². The zero-order valence-corrected chi connectivity index (χ0v) is 14.0. The van der Waals surface area contributed by atoms with Crippen molar-refractivity contribution in [3.63, 3.8) is 0 Å². The Morgan fingerprint density at radius 2 is 1.80 bits per heavy atom. The number of nitrogens with one attached hydrogen (secondary N) is 1. The lowest BCUT2D eigenvalue weighted by Gasteiger charge is -2.11. The summed E-state index contributed by atoms with van der Waals surface area (Å²) in [6.45, 7) is 1.82. The van der Waals surface area contributed by atoms with E-state index in [0.29, 0.717) is 15.2 Å². The Bertz CT molecular complexity index is 751. The van der Waals surface area contributed by atoms with Crippen LogP contribution in [0.25, 0.3) is 0 Å². The number of sulfonamides is 1. The molecule has 0 aliphatic carbocycles. The van der Waals surface area contributed by atoms with Crippen LogP contribution in [0.2, 0.25) is 10.3 Å². The molecule has 1 heterocycles. The third kappa shape index (κ3) is 3.41. The van der Waals surface area contributed by atoms with Crippen molar-refractivity contribution in [3.8, 4) is 0 Å². The van der Waals surface area contributed by atoms with Crippen LogP contribution in [0, 0.1) is 6.92 Å². The number of rotatable bonds is 3. The minimum absolute atomic E-state index is 0.0245. The van der Waals surface area contributed by atoms with Gasteiger partial charge in [0.1, 0.15) is 4.90 Å². The lowest BCUT2D eigenvalue weighted by atomic mass is 10.2. The Morgan fingerprint density at radius 1 is 1.20 bits per heavy atom. The first-order chi connectivity index (χ1) is 9.29. The molecule has 0 aliphatic heterocycles. The van der Waals surface area contributed by atoms with E-state index >= 15 is 0 Å². The molecule has 2 rings (SSSR count). The van der Waals surface area contributed by atoms with E-state index in [4.69, 9.17) is 23.2 Å². The second kappa shape index (κ2) is 5.85. The predicted octanol–water partition coefficient (Wildman–Crippen LogP) is 3.66. The highest BCUT2D eigenvalue weighted by Gasteiger charge is 2.17. The van der Waals surface area contributed by atoms with Crippen LogP contribution in [0.5, 0.6) is 0 Å². The molecule has 0 unspecified atom stereocenters. The van der Waals surface area contributed by atoms with Gasteiger partial charge in [0.2, 0.25) is 5.28 Å². The van der Waals surface area contributed by atoms with Crippen molar-refractivity contribution in [3.05, 3.63) is 44.9 Å². The van der Waals surface area contributed by atoms with Crippen molar-refractivity contribution >= 4 is 54.8 Å². The SMILES string of the molecule is Cc1cc(Br)c(NS(=O)(=O)c2cnc(Cl)nc2)cc1Cl. The molecule has 0 bridgehead atoms. The Morgan fingerprint density at radius 3 is 2.40 bits per heavy atom. The average Bonchev–Trinajstić information content (AvgIpc) is 2.36. The first-order valence-electron chi connectivity index (χ1n) is 5.25. The van der Waals surface area contributed by atoms with Gasteiger partial charge in [-0.15, -0.1) is 0 Å². The maximum atomic E-state index is 12.2. The molecule has 0 radical (unpaired) electrons. The Hall–Kier alpha value is -0.890. The minimum Gasteiger partial charge on any atom is -0.278 e. The van der Waals surface area contributed by atoms with Crippen molar-refractivity contribution < 1.29 is 8.42 Å². The number of anilines is 1. The zero-order valence-electron chi connectivity index (χ0n) is 10.1. The predicted molar refractivity (Wildman–Crippen MR) is 81.7 cm³/mol. The van der Waals surface area contributed by atoms with Crippen molar-refractivity contribution in [2.75, 3.05) is 4.72 Å². The van der Waals surface area contributed by atoms with Crippen LogP contribution in [0.4, 0.5) is 5.69 Å². The number of hydrogen-bond acceptors (Lipinski definition) is 4. The summed E-state index contributed by atoms with van der Waals surface area (Å²) in [6.07, 6.45) is 2.25. The van der Waals surface area contributed by atoms with E-state index < -0.39 is 10.0 Å². The summed E-state index contributed by atoms with van der Waals surface area (Å²) in [5.41, 5.74) is 1.16.